The summed E-state index contributed by atoms with van der Waals surface area (Å²) in [6.07, 6.45) is -0.831. The molecular weight excluding hydrogens is 589 g/mol. The molecule has 0 saturated carbocycles. The summed E-state index contributed by atoms with van der Waals surface area (Å²) in [5, 5.41) is 7.96. The lowest BCUT2D eigenvalue weighted by Gasteiger charge is -2.10. The van der Waals surface area contributed by atoms with Crippen LogP contribution in [0.4, 0.5) is 30.5 Å². The van der Waals surface area contributed by atoms with Crippen LogP contribution >= 0.6 is 11.3 Å². The second kappa shape index (κ2) is 10.9. The number of nitrogens with zero attached hydrogens (tertiary/aromatic N) is 5. The molecule has 0 atom stereocenters. The molecule has 4 heterocycles. The van der Waals surface area contributed by atoms with Gasteiger partial charge in [0.25, 0.3) is 0 Å². The highest BCUT2D eigenvalue weighted by Crippen LogP contribution is 2.35. The molecule has 0 radical (unpaired) electrons. The van der Waals surface area contributed by atoms with Crippen molar-refractivity contribution >= 4 is 50.6 Å². The van der Waals surface area contributed by atoms with Crippen LogP contribution in [0.2, 0.25) is 0 Å². The van der Waals surface area contributed by atoms with Crippen LogP contribution < -0.4 is 10.6 Å². The Kier molecular flexibility index (Phi) is 6.78. The minimum atomic E-state index is -4.58. The van der Waals surface area contributed by atoms with Crippen LogP contribution in [0, 0.1) is 0 Å². The maximum absolute atomic E-state index is 13.1. The van der Waals surface area contributed by atoms with Gasteiger partial charge in [-0.3, -0.25) is 9.20 Å². The van der Waals surface area contributed by atoms with Gasteiger partial charge in [0.1, 0.15) is 5.69 Å². The van der Waals surface area contributed by atoms with Crippen molar-refractivity contribution in [2.24, 2.45) is 0 Å². The maximum Gasteiger partial charge on any atom is 0.449 e. The van der Waals surface area contributed by atoms with Crippen LogP contribution in [0.3, 0.4) is 0 Å². The van der Waals surface area contributed by atoms with Gasteiger partial charge >= 0.3 is 6.18 Å². The van der Waals surface area contributed by atoms with Crippen LogP contribution in [0.15, 0.2) is 96.6 Å². The molecule has 13 heteroatoms. The van der Waals surface area contributed by atoms with Gasteiger partial charge in [0.2, 0.25) is 17.7 Å². The number of hydrogen-bond donors (Lipinski definition) is 3. The van der Waals surface area contributed by atoms with Crippen molar-refractivity contribution in [2.45, 2.75) is 12.6 Å². The fourth-order valence-electron chi connectivity index (χ4n) is 4.86. The number of rotatable bonds is 7. The van der Waals surface area contributed by atoms with Crippen LogP contribution in [0.25, 0.3) is 38.6 Å². The van der Waals surface area contributed by atoms with Gasteiger partial charge in [-0.15, -0.1) is 11.3 Å². The summed E-state index contributed by atoms with van der Waals surface area (Å²) in [5.41, 5.74) is 5.19. The molecule has 0 bridgehead atoms. The van der Waals surface area contributed by atoms with E-state index in [2.05, 4.69) is 25.6 Å². The molecule has 0 aliphatic heterocycles. The molecule has 218 valence electrons. The lowest BCUT2D eigenvalue weighted by molar-refractivity contribution is -0.144. The van der Waals surface area contributed by atoms with E-state index in [4.69, 9.17) is 9.97 Å². The minimum Gasteiger partial charge on any atom is -0.334 e. The average molecular weight is 611 g/mol. The molecule has 0 spiro atoms. The first kappa shape index (κ1) is 27.3. The Morgan fingerprint density at radius 2 is 1.80 bits per heavy atom. The van der Waals surface area contributed by atoms with Crippen molar-refractivity contribution in [3.05, 3.63) is 108 Å². The number of nitrogens with one attached hydrogen (secondary N) is 3. The van der Waals surface area contributed by atoms with E-state index in [-0.39, 0.29) is 29.3 Å². The number of halogens is 3. The Hall–Kier alpha value is -5.56. The first-order valence-electron chi connectivity index (χ1n) is 13.4. The smallest absolute Gasteiger partial charge is 0.334 e. The third kappa shape index (κ3) is 5.47. The Labute approximate surface area is 251 Å². The summed E-state index contributed by atoms with van der Waals surface area (Å²) in [7, 11) is 0. The molecule has 7 aromatic rings. The van der Waals surface area contributed by atoms with Gasteiger partial charge in [-0.05, 0) is 42.0 Å². The summed E-state index contributed by atoms with van der Waals surface area (Å²) in [5.74, 6) is -0.948. The van der Waals surface area contributed by atoms with E-state index in [1.54, 1.807) is 18.3 Å². The predicted molar refractivity (Wildman–Crippen MR) is 163 cm³/mol. The number of carbonyl (C=O) groups is 1. The van der Waals surface area contributed by atoms with E-state index in [1.165, 1.54) is 23.5 Å². The van der Waals surface area contributed by atoms with Crippen LogP contribution in [0.1, 0.15) is 11.4 Å². The van der Waals surface area contributed by atoms with Gasteiger partial charge in [-0.1, -0.05) is 42.5 Å². The molecule has 3 N–H and O–H groups in total. The molecule has 7 rings (SSSR count). The zero-order valence-electron chi connectivity index (χ0n) is 22.6. The Morgan fingerprint density at radius 1 is 0.932 bits per heavy atom. The number of carbonyl (C=O) groups excluding carboxylic acids is 1. The van der Waals surface area contributed by atoms with E-state index in [9.17, 15) is 18.0 Å². The third-order valence-corrected chi connectivity index (χ3v) is 7.55. The van der Waals surface area contributed by atoms with Crippen molar-refractivity contribution in [2.75, 3.05) is 10.6 Å². The Morgan fingerprint density at radius 3 is 2.64 bits per heavy atom. The molecule has 44 heavy (non-hydrogen) atoms. The number of thiazole rings is 1. The molecule has 9 nitrogen and oxygen atoms in total. The second-order valence-electron chi connectivity index (χ2n) is 9.86. The SMILES string of the molecule is O=C(Cc1ccccc1)Nc1cccc(-c2nc3sccn3c2-c2ccnc(Nc3ccc4[nH]c(C(F)(F)F)nc4c3)n2)c1. The summed E-state index contributed by atoms with van der Waals surface area (Å²) < 4.78 is 41.2. The second-order valence-corrected chi connectivity index (χ2v) is 10.7. The summed E-state index contributed by atoms with van der Waals surface area (Å²) in [6.45, 7) is 0. The van der Waals surface area contributed by atoms with Crippen LogP contribution in [-0.2, 0) is 17.4 Å². The molecule has 0 aliphatic rings. The lowest BCUT2D eigenvalue weighted by Crippen LogP contribution is -2.14. The lowest BCUT2D eigenvalue weighted by atomic mass is 10.1. The normalized spacial score (nSPS) is 11.7. The van der Waals surface area contributed by atoms with Crippen molar-refractivity contribution in [3.8, 4) is 22.6 Å². The third-order valence-electron chi connectivity index (χ3n) is 6.80. The number of amides is 1. The van der Waals surface area contributed by atoms with Gasteiger partial charge < -0.3 is 15.6 Å². The number of fused-ring (bicyclic) bond motifs is 2. The number of anilines is 3. The molecule has 0 saturated heterocycles. The standard InChI is InChI=1S/C31H21F3N8OS/c32-31(33,34)28-38-22-10-9-21(17-24(22)39-28)37-29-35-12-11-23(40-29)27-26(41-30-42(27)13-14-44-30)19-7-4-8-20(16-19)36-25(43)15-18-5-2-1-3-6-18/h1-14,16-17H,15H2,(H,36,43)(H,38,39)(H,35,37,40). The van der Waals surface area contributed by atoms with E-state index >= 15 is 0 Å². The molecular formula is C31H21F3N8OS. The predicted octanol–water partition coefficient (Wildman–Crippen LogP) is 7.34. The zero-order valence-corrected chi connectivity index (χ0v) is 23.4. The molecule has 0 aliphatic carbocycles. The summed E-state index contributed by atoms with van der Waals surface area (Å²) in [6, 6.07) is 23.4. The number of aromatic nitrogens is 6. The molecule has 1 amide bonds. The first-order chi connectivity index (χ1) is 21.3. The van der Waals surface area contributed by atoms with Gasteiger partial charge in [0.15, 0.2) is 4.96 Å². The average Bonchev–Trinajstić information content (AvgIpc) is 3.72. The number of imidazole rings is 2. The monoisotopic (exact) mass is 610 g/mol. The van der Waals surface area contributed by atoms with Crippen LogP contribution in [0.5, 0.6) is 0 Å². The van der Waals surface area contributed by atoms with Crippen molar-refractivity contribution in [1.82, 2.24) is 29.3 Å². The first-order valence-corrected chi connectivity index (χ1v) is 14.3. The fraction of sp³-hybridized carbons (Fsp3) is 0.0645. The highest BCUT2D eigenvalue weighted by Gasteiger charge is 2.34. The van der Waals surface area contributed by atoms with E-state index in [0.717, 1.165) is 21.8 Å². The number of benzene rings is 3. The van der Waals surface area contributed by atoms with Crippen molar-refractivity contribution in [3.63, 3.8) is 0 Å². The van der Waals surface area contributed by atoms with Gasteiger partial charge in [-0.25, -0.2) is 19.9 Å². The highest BCUT2D eigenvalue weighted by molar-refractivity contribution is 7.15. The van der Waals surface area contributed by atoms with Crippen molar-refractivity contribution in [1.29, 1.82) is 0 Å². The number of alkyl halides is 3. The highest BCUT2D eigenvalue weighted by atomic mass is 32.1. The van der Waals surface area contributed by atoms with Gasteiger partial charge in [0, 0.05) is 34.7 Å². The largest absolute Gasteiger partial charge is 0.449 e. The molecule has 0 unspecified atom stereocenters. The fourth-order valence-corrected chi connectivity index (χ4v) is 5.57. The quantitative estimate of drug-likeness (QED) is 0.174. The summed E-state index contributed by atoms with van der Waals surface area (Å²) in [4.78, 5) is 33.3. The van der Waals surface area contributed by atoms with E-state index in [1.807, 2.05) is 70.6 Å². The summed E-state index contributed by atoms with van der Waals surface area (Å²) >= 11 is 1.47. The number of aromatic amines is 1. The van der Waals surface area contributed by atoms with Gasteiger partial charge in [0.05, 0.1) is 28.8 Å². The van der Waals surface area contributed by atoms with Gasteiger partial charge in [-0.2, -0.15) is 13.2 Å². The maximum atomic E-state index is 13.1. The van der Waals surface area contributed by atoms with Crippen LogP contribution in [-0.4, -0.2) is 35.2 Å². The molecule has 0 fully saturated rings. The molecule has 3 aromatic carbocycles. The Bertz CT molecular complexity index is 2140. The minimum absolute atomic E-state index is 0.131. The number of H-pyrrole nitrogens is 1. The van der Waals surface area contributed by atoms with Crippen molar-refractivity contribution < 1.29 is 18.0 Å². The van der Waals surface area contributed by atoms with E-state index < -0.39 is 12.0 Å². The Balaban J connectivity index is 1.19. The topological polar surface area (TPSA) is 113 Å². The molecule has 4 aromatic heterocycles. The number of hydrogen-bond acceptors (Lipinski definition) is 7. The zero-order chi connectivity index (χ0) is 30.3. The van der Waals surface area contributed by atoms with E-state index in [0.29, 0.717) is 22.8 Å².